The standard InChI is InChI=1S/C15H21FN2O/c16-14-12(10-19)7-8-17-15(14)18-9-3-5-11-4-1-2-6-13(11)18/h7-8,11,13,19H,1-6,9-10H2/t11-,13-/m1/s1. The molecule has 2 heterocycles. The summed E-state index contributed by atoms with van der Waals surface area (Å²) in [6.07, 6.45) is 8.95. The second kappa shape index (κ2) is 5.45. The Morgan fingerprint density at radius 1 is 1.26 bits per heavy atom. The van der Waals surface area contributed by atoms with E-state index in [0.29, 0.717) is 23.3 Å². The number of fused-ring (bicyclic) bond motifs is 1. The third-order valence-corrected chi connectivity index (χ3v) is 4.64. The molecule has 0 spiro atoms. The van der Waals surface area contributed by atoms with Gasteiger partial charge in [0.05, 0.1) is 6.61 Å². The van der Waals surface area contributed by atoms with Gasteiger partial charge < -0.3 is 10.0 Å². The van der Waals surface area contributed by atoms with Crippen LogP contribution in [0.5, 0.6) is 0 Å². The van der Waals surface area contributed by atoms with Gasteiger partial charge in [-0.3, -0.25) is 0 Å². The minimum absolute atomic E-state index is 0.261. The lowest BCUT2D eigenvalue weighted by Crippen LogP contribution is -2.47. The molecular formula is C15H21FN2O. The van der Waals surface area contributed by atoms with E-state index in [2.05, 4.69) is 9.88 Å². The van der Waals surface area contributed by atoms with Crippen LogP contribution in [-0.4, -0.2) is 22.7 Å². The van der Waals surface area contributed by atoms with E-state index >= 15 is 0 Å². The number of aliphatic hydroxyl groups excluding tert-OH is 1. The third kappa shape index (κ3) is 2.34. The highest BCUT2D eigenvalue weighted by Gasteiger charge is 2.35. The highest BCUT2D eigenvalue weighted by molar-refractivity contribution is 5.45. The summed E-state index contributed by atoms with van der Waals surface area (Å²) < 4.78 is 14.4. The molecule has 0 amide bonds. The molecule has 2 atom stereocenters. The van der Waals surface area contributed by atoms with Crippen molar-refractivity contribution in [1.82, 2.24) is 4.98 Å². The molecule has 0 aromatic carbocycles. The van der Waals surface area contributed by atoms with Gasteiger partial charge in [-0.2, -0.15) is 0 Å². The van der Waals surface area contributed by atoms with E-state index in [1.807, 2.05) is 0 Å². The molecular weight excluding hydrogens is 243 g/mol. The Balaban J connectivity index is 1.91. The molecule has 4 heteroatoms. The van der Waals surface area contributed by atoms with Gasteiger partial charge in [0.25, 0.3) is 0 Å². The second-order valence-electron chi connectivity index (χ2n) is 5.71. The van der Waals surface area contributed by atoms with E-state index in [4.69, 9.17) is 0 Å². The lowest BCUT2D eigenvalue weighted by Gasteiger charge is -2.44. The predicted molar refractivity (Wildman–Crippen MR) is 72.4 cm³/mol. The topological polar surface area (TPSA) is 36.4 Å². The highest BCUT2D eigenvalue weighted by Crippen LogP contribution is 2.38. The maximum absolute atomic E-state index is 14.4. The van der Waals surface area contributed by atoms with Crippen LogP contribution >= 0.6 is 0 Å². The van der Waals surface area contributed by atoms with Crippen LogP contribution in [0.3, 0.4) is 0 Å². The quantitative estimate of drug-likeness (QED) is 0.892. The van der Waals surface area contributed by atoms with Crippen molar-refractivity contribution < 1.29 is 9.50 Å². The van der Waals surface area contributed by atoms with Crippen LogP contribution in [-0.2, 0) is 6.61 Å². The zero-order valence-corrected chi connectivity index (χ0v) is 11.2. The second-order valence-corrected chi connectivity index (χ2v) is 5.71. The molecule has 3 rings (SSSR count). The first kappa shape index (κ1) is 12.9. The molecule has 1 saturated heterocycles. The number of aliphatic hydroxyl groups is 1. The van der Waals surface area contributed by atoms with Crippen molar-refractivity contribution in [3.8, 4) is 0 Å². The normalized spacial score (nSPS) is 27.2. The molecule has 0 unspecified atom stereocenters. The first-order valence-electron chi connectivity index (χ1n) is 7.32. The lowest BCUT2D eigenvalue weighted by atomic mass is 9.78. The zero-order chi connectivity index (χ0) is 13.2. The Hall–Kier alpha value is -1.16. The summed E-state index contributed by atoms with van der Waals surface area (Å²) in [5, 5.41) is 9.19. The van der Waals surface area contributed by atoms with Gasteiger partial charge in [-0.1, -0.05) is 12.8 Å². The van der Waals surface area contributed by atoms with Crippen molar-refractivity contribution in [3.63, 3.8) is 0 Å². The van der Waals surface area contributed by atoms with E-state index in [1.165, 1.54) is 25.7 Å². The van der Waals surface area contributed by atoms with Crippen molar-refractivity contribution in [2.75, 3.05) is 11.4 Å². The molecule has 1 aromatic rings. The Morgan fingerprint density at radius 2 is 2.05 bits per heavy atom. The lowest BCUT2D eigenvalue weighted by molar-refractivity contribution is 0.240. The van der Waals surface area contributed by atoms with Gasteiger partial charge in [-0.25, -0.2) is 9.37 Å². The number of halogens is 1. The van der Waals surface area contributed by atoms with Crippen LogP contribution in [0.25, 0.3) is 0 Å². The summed E-state index contributed by atoms with van der Waals surface area (Å²) >= 11 is 0. The third-order valence-electron chi connectivity index (χ3n) is 4.64. The molecule has 1 aliphatic carbocycles. The molecule has 1 N–H and O–H groups in total. The first-order valence-corrected chi connectivity index (χ1v) is 7.32. The Bertz CT molecular complexity index is 450. The van der Waals surface area contributed by atoms with E-state index < -0.39 is 0 Å². The van der Waals surface area contributed by atoms with Gasteiger partial charge in [0.2, 0.25) is 0 Å². The average molecular weight is 264 g/mol. The SMILES string of the molecule is OCc1ccnc(N2CCC[C@H]3CCCC[C@H]32)c1F. The number of piperidine rings is 1. The van der Waals surface area contributed by atoms with Gasteiger partial charge in [-0.15, -0.1) is 0 Å². The van der Waals surface area contributed by atoms with Crippen LogP contribution in [0.4, 0.5) is 10.2 Å². The fraction of sp³-hybridized carbons (Fsp3) is 0.667. The van der Waals surface area contributed by atoms with Gasteiger partial charge >= 0.3 is 0 Å². The van der Waals surface area contributed by atoms with Gasteiger partial charge in [0.15, 0.2) is 11.6 Å². The Kier molecular flexibility index (Phi) is 3.69. The first-order chi connectivity index (χ1) is 9.31. The van der Waals surface area contributed by atoms with Crippen molar-refractivity contribution in [2.45, 2.75) is 51.2 Å². The molecule has 2 fully saturated rings. The zero-order valence-electron chi connectivity index (χ0n) is 11.2. The molecule has 0 bridgehead atoms. The van der Waals surface area contributed by atoms with Gasteiger partial charge in [0, 0.05) is 24.3 Å². The van der Waals surface area contributed by atoms with Crippen LogP contribution in [0.1, 0.15) is 44.1 Å². The summed E-state index contributed by atoms with van der Waals surface area (Å²) in [5.41, 5.74) is 0.350. The largest absolute Gasteiger partial charge is 0.392 e. The van der Waals surface area contributed by atoms with Gasteiger partial charge in [0.1, 0.15) is 0 Å². The number of pyridine rings is 1. The van der Waals surface area contributed by atoms with E-state index in [-0.39, 0.29) is 12.4 Å². The molecule has 3 nitrogen and oxygen atoms in total. The fourth-order valence-electron chi connectivity index (χ4n) is 3.68. The fourth-order valence-corrected chi connectivity index (χ4v) is 3.68. The summed E-state index contributed by atoms with van der Waals surface area (Å²) in [7, 11) is 0. The van der Waals surface area contributed by atoms with E-state index in [0.717, 1.165) is 19.4 Å². The Morgan fingerprint density at radius 3 is 2.89 bits per heavy atom. The van der Waals surface area contributed by atoms with Gasteiger partial charge in [-0.05, 0) is 37.7 Å². The monoisotopic (exact) mass is 264 g/mol. The predicted octanol–water partition coefficient (Wildman–Crippen LogP) is 2.87. The summed E-state index contributed by atoms with van der Waals surface area (Å²) in [4.78, 5) is 6.40. The van der Waals surface area contributed by atoms with Crippen molar-refractivity contribution >= 4 is 5.82 Å². The minimum Gasteiger partial charge on any atom is -0.392 e. The smallest absolute Gasteiger partial charge is 0.171 e. The maximum atomic E-state index is 14.4. The number of hydrogen-bond acceptors (Lipinski definition) is 3. The molecule has 0 radical (unpaired) electrons. The molecule has 19 heavy (non-hydrogen) atoms. The van der Waals surface area contributed by atoms with Crippen LogP contribution in [0.2, 0.25) is 0 Å². The number of nitrogens with zero attached hydrogens (tertiary/aromatic N) is 2. The summed E-state index contributed by atoms with van der Waals surface area (Å²) in [6, 6.07) is 2.00. The number of anilines is 1. The van der Waals surface area contributed by atoms with Crippen LogP contribution < -0.4 is 4.90 Å². The molecule has 1 aliphatic heterocycles. The van der Waals surface area contributed by atoms with E-state index in [9.17, 15) is 9.50 Å². The van der Waals surface area contributed by atoms with Crippen molar-refractivity contribution in [3.05, 3.63) is 23.6 Å². The van der Waals surface area contributed by atoms with Crippen LogP contribution in [0, 0.1) is 11.7 Å². The molecule has 2 aliphatic rings. The van der Waals surface area contributed by atoms with Crippen LogP contribution in [0.15, 0.2) is 12.3 Å². The highest BCUT2D eigenvalue weighted by atomic mass is 19.1. The minimum atomic E-state index is -0.337. The van der Waals surface area contributed by atoms with Crippen molar-refractivity contribution in [1.29, 1.82) is 0 Å². The number of aromatic nitrogens is 1. The molecule has 104 valence electrons. The Labute approximate surface area is 113 Å². The molecule has 1 saturated carbocycles. The average Bonchev–Trinajstić information content (AvgIpc) is 2.47. The van der Waals surface area contributed by atoms with E-state index in [1.54, 1.807) is 12.3 Å². The summed E-state index contributed by atoms with van der Waals surface area (Å²) in [6.45, 7) is 0.628. The number of rotatable bonds is 2. The maximum Gasteiger partial charge on any atom is 0.171 e. The molecule has 1 aromatic heterocycles. The number of hydrogen-bond donors (Lipinski definition) is 1. The summed E-state index contributed by atoms with van der Waals surface area (Å²) in [5.74, 6) is 0.806. The van der Waals surface area contributed by atoms with Crippen molar-refractivity contribution in [2.24, 2.45) is 5.92 Å².